The maximum atomic E-state index is 13.4. The van der Waals surface area contributed by atoms with Gasteiger partial charge in [0.25, 0.3) is 0 Å². The van der Waals surface area contributed by atoms with Crippen LogP contribution in [-0.2, 0) is 23.9 Å². The zero-order valence-corrected chi connectivity index (χ0v) is 16.6. The van der Waals surface area contributed by atoms with Gasteiger partial charge < -0.3 is 15.5 Å². The molecule has 7 nitrogen and oxygen atoms in total. The summed E-state index contributed by atoms with van der Waals surface area (Å²) in [5, 5.41) is 5.72. The van der Waals surface area contributed by atoms with E-state index in [0.29, 0.717) is 29.9 Å². The molecular formula is C21H19F3N6O. The van der Waals surface area contributed by atoms with E-state index in [1.807, 2.05) is 0 Å². The Hall–Kier alpha value is -3.69. The Morgan fingerprint density at radius 2 is 1.87 bits per heavy atom. The van der Waals surface area contributed by atoms with Gasteiger partial charge in [-0.3, -0.25) is 4.79 Å². The zero-order valence-electron chi connectivity index (χ0n) is 16.6. The van der Waals surface area contributed by atoms with Crippen molar-refractivity contribution in [1.29, 1.82) is 0 Å². The third kappa shape index (κ3) is 4.73. The largest absolute Gasteiger partial charge is 0.416 e. The lowest BCUT2D eigenvalue weighted by molar-refractivity contribution is -0.138. The van der Waals surface area contributed by atoms with Crippen LogP contribution in [0.3, 0.4) is 0 Å². The maximum absolute atomic E-state index is 13.4. The van der Waals surface area contributed by atoms with Gasteiger partial charge in [-0.15, -0.1) is 0 Å². The number of alkyl halides is 3. The lowest BCUT2D eigenvalue weighted by Gasteiger charge is -2.30. The molecule has 0 saturated carbocycles. The first-order valence-corrected chi connectivity index (χ1v) is 9.56. The highest BCUT2D eigenvalue weighted by Crippen LogP contribution is 2.36. The molecule has 1 aliphatic heterocycles. The lowest BCUT2D eigenvalue weighted by Crippen LogP contribution is -2.33. The van der Waals surface area contributed by atoms with Crippen molar-refractivity contribution in [3.63, 3.8) is 0 Å². The van der Waals surface area contributed by atoms with Crippen molar-refractivity contribution in [2.75, 3.05) is 22.1 Å². The summed E-state index contributed by atoms with van der Waals surface area (Å²) in [4.78, 5) is 25.6. The molecule has 2 heterocycles. The van der Waals surface area contributed by atoms with Crippen LogP contribution in [0.5, 0.6) is 0 Å². The minimum atomic E-state index is -4.42. The number of rotatable bonds is 4. The summed E-state index contributed by atoms with van der Waals surface area (Å²) < 4.78 is 40.3. The number of benzene rings is 2. The van der Waals surface area contributed by atoms with Gasteiger partial charge >= 0.3 is 6.18 Å². The standard InChI is InChI=1S/C21H19F3N6O/c1-13(31)27-15-5-3-6-16(10-15)28-19-25-12-26-20(29-19)30-9-8-14-4-2-7-18(17(14)11-30)21(22,23)24/h2-7,10,12H,8-9,11H2,1H3,(H,27,31)(H,25,26,28,29). The third-order valence-electron chi connectivity index (χ3n) is 4.86. The van der Waals surface area contributed by atoms with E-state index in [1.165, 1.54) is 19.3 Å². The van der Waals surface area contributed by atoms with Crippen molar-refractivity contribution in [2.45, 2.75) is 26.1 Å². The minimum Gasteiger partial charge on any atom is -0.336 e. The second-order valence-corrected chi connectivity index (χ2v) is 7.11. The fourth-order valence-corrected chi connectivity index (χ4v) is 3.52. The Kier molecular flexibility index (Phi) is 5.45. The maximum Gasteiger partial charge on any atom is 0.416 e. The van der Waals surface area contributed by atoms with Gasteiger partial charge in [0.1, 0.15) is 6.33 Å². The topological polar surface area (TPSA) is 83.0 Å². The van der Waals surface area contributed by atoms with Gasteiger partial charge in [0.2, 0.25) is 17.8 Å². The van der Waals surface area contributed by atoms with Crippen molar-refractivity contribution in [3.05, 3.63) is 65.5 Å². The van der Waals surface area contributed by atoms with Gasteiger partial charge in [0, 0.05) is 31.4 Å². The first-order valence-electron chi connectivity index (χ1n) is 9.56. The summed E-state index contributed by atoms with van der Waals surface area (Å²) in [6, 6.07) is 11.3. The number of halogens is 3. The minimum absolute atomic E-state index is 0.0620. The molecule has 0 aliphatic carbocycles. The zero-order chi connectivity index (χ0) is 22.0. The van der Waals surface area contributed by atoms with E-state index in [2.05, 4.69) is 25.6 Å². The highest BCUT2D eigenvalue weighted by molar-refractivity contribution is 5.89. The number of carbonyl (C=O) groups excluding carboxylic acids is 1. The Morgan fingerprint density at radius 3 is 2.65 bits per heavy atom. The predicted molar refractivity (Wildman–Crippen MR) is 110 cm³/mol. The van der Waals surface area contributed by atoms with E-state index >= 15 is 0 Å². The van der Waals surface area contributed by atoms with Crippen LogP contribution in [0.15, 0.2) is 48.8 Å². The molecule has 0 saturated heterocycles. The summed E-state index contributed by atoms with van der Waals surface area (Å²) in [6.07, 6.45) is -2.64. The van der Waals surface area contributed by atoms with Gasteiger partial charge in [-0.05, 0) is 41.8 Å². The number of anilines is 4. The fourth-order valence-electron chi connectivity index (χ4n) is 3.52. The summed E-state index contributed by atoms with van der Waals surface area (Å²) in [5.74, 6) is 0.348. The van der Waals surface area contributed by atoms with Crippen molar-refractivity contribution in [2.24, 2.45) is 0 Å². The summed E-state index contributed by atoms with van der Waals surface area (Å²) in [6.45, 7) is 1.97. The summed E-state index contributed by atoms with van der Waals surface area (Å²) >= 11 is 0. The molecule has 2 aromatic carbocycles. The Balaban J connectivity index is 1.56. The lowest BCUT2D eigenvalue weighted by atomic mass is 9.95. The molecule has 0 radical (unpaired) electrons. The molecule has 3 aromatic rings. The molecular weight excluding hydrogens is 409 g/mol. The van der Waals surface area contributed by atoms with Crippen LogP contribution in [-0.4, -0.2) is 27.4 Å². The molecule has 1 amide bonds. The van der Waals surface area contributed by atoms with Gasteiger partial charge in [0.15, 0.2) is 0 Å². The molecule has 0 atom stereocenters. The number of carbonyl (C=O) groups is 1. The van der Waals surface area contributed by atoms with Crippen LogP contribution in [0, 0.1) is 0 Å². The Morgan fingerprint density at radius 1 is 1.10 bits per heavy atom. The van der Waals surface area contributed by atoms with Crippen LogP contribution in [0.25, 0.3) is 0 Å². The number of nitrogens with one attached hydrogen (secondary N) is 2. The first-order chi connectivity index (χ1) is 14.8. The van der Waals surface area contributed by atoms with E-state index in [-0.39, 0.29) is 29.9 Å². The molecule has 0 fully saturated rings. The Bertz CT molecular complexity index is 1120. The monoisotopic (exact) mass is 428 g/mol. The van der Waals surface area contributed by atoms with E-state index in [9.17, 15) is 18.0 Å². The van der Waals surface area contributed by atoms with E-state index in [1.54, 1.807) is 35.2 Å². The highest BCUT2D eigenvalue weighted by atomic mass is 19.4. The van der Waals surface area contributed by atoms with Gasteiger partial charge in [-0.25, -0.2) is 9.97 Å². The van der Waals surface area contributed by atoms with Crippen molar-refractivity contribution < 1.29 is 18.0 Å². The summed E-state index contributed by atoms with van der Waals surface area (Å²) in [7, 11) is 0. The number of hydrogen-bond donors (Lipinski definition) is 2. The second-order valence-electron chi connectivity index (χ2n) is 7.11. The van der Waals surface area contributed by atoms with Crippen molar-refractivity contribution in [1.82, 2.24) is 15.0 Å². The van der Waals surface area contributed by atoms with Crippen molar-refractivity contribution >= 4 is 29.2 Å². The molecule has 0 bridgehead atoms. The third-order valence-corrected chi connectivity index (χ3v) is 4.86. The number of hydrogen-bond acceptors (Lipinski definition) is 6. The SMILES string of the molecule is CC(=O)Nc1cccc(Nc2ncnc(N3CCc4cccc(C(F)(F)F)c4C3)n2)c1. The number of fused-ring (bicyclic) bond motifs is 1. The van der Waals surface area contributed by atoms with Crippen LogP contribution in [0.2, 0.25) is 0 Å². The molecule has 160 valence electrons. The van der Waals surface area contributed by atoms with Crippen LogP contribution in [0.4, 0.5) is 36.4 Å². The average Bonchev–Trinajstić information content (AvgIpc) is 2.72. The molecule has 1 aliphatic rings. The molecule has 0 unspecified atom stereocenters. The molecule has 10 heteroatoms. The van der Waals surface area contributed by atoms with Gasteiger partial charge in [-0.2, -0.15) is 18.2 Å². The predicted octanol–water partition coefficient (Wildman–Crippen LogP) is 4.16. The van der Waals surface area contributed by atoms with E-state index in [4.69, 9.17) is 0 Å². The number of aromatic nitrogens is 3. The van der Waals surface area contributed by atoms with E-state index < -0.39 is 11.7 Å². The van der Waals surface area contributed by atoms with Gasteiger partial charge in [0.05, 0.1) is 5.56 Å². The molecule has 2 N–H and O–H groups in total. The second kappa shape index (κ2) is 8.21. The molecule has 0 spiro atoms. The summed E-state index contributed by atoms with van der Waals surface area (Å²) in [5.41, 5.74) is 1.56. The molecule has 4 rings (SSSR count). The number of nitrogens with zero attached hydrogens (tertiary/aromatic N) is 4. The van der Waals surface area contributed by atoms with Crippen LogP contribution in [0.1, 0.15) is 23.6 Å². The fraction of sp³-hybridized carbons (Fsp3) is 0.238. The van der Waals surface area contributed by atoms with Crippen molar-refractivity contribution in [3.8, 4) is 0 Å². The van der Waals surface area contributed by atoms with Crippen LogP contribution < -0.4 is 15.5 Å². The number of amides is 1. The Labute approximate surface area is 176 Å². The normalized spacial score (nSPS) is 13.5. The van der Waals surface area contributed by atoms with Gasteiger partial charge in [-0.1, -0.05) is 18.2 Å². The molecule has 1 aromatic heterocycles. The van der Waals surface area contributed by atoms with E-state index in [0.717, 1.165) is 6.07 Å². The smallest absolute Gasteiger partial charge is 0.336 e. The van der Waals surface area contributed by atoms with Crippen LogP contribution >= 0.6 is 0 Å². The quantitative estimate of drug-likeness (QED) is 0.650. The first kappa shape index (κ1) is 20.6. The average molecular weight is 428 g/mol. The molecule has 31 heavy (non-hydrogen) atoms. The highest BCUT2D eigenvalue weighted by Gasteiger charge is 2.35.